The third-order valence-electron chi connectivity index (χ3n) is 24.6. The van der Waals surface area contributed by atoms with Crippen LogP contribution in [0.2, 0.25) is 0 Å². The maximum Gasteiger partial charge on any atom is 3.00 e. The first-order valence-corrected chi connectivity index (χ1v) is 41.5. The fourth-order valence-electron chi connectivity index (χ4n) is 17.3. The minimum absolute atomic E-state index is 0. The van der Waals surface area contributed by atoms with E-state index in [4.69, 9.17) is 29.9 Å². The molecule has 0 atom stereocenters. The Morgan fingerprint density at radius 1 is 0.227 bits per heavy atom. The third kappa shape index (κ3) is 19.3. The summed E-state index contributed by atoms with van der Waals surface area (Å²) < 4.78 is 0. The number of nitrogens with zero attached hydrogens (tertiary/aromatic N) is 6. The fraction of sp³-hybridized carbons (Fsp3) is 0.235. The molecule has 128 heavy (non-hydrogen) atoms. The summed E-state index contributed by atoms with van der Waals surface area (Å²) in [5.41, 5.74) is 39.8. The van der Waals surface area contributed by atoms with E-state index >= 15 is 0 Å². The van der Waals surface area contributed by atoms with E-state index in [1.54, 1.807) is 18.2 Å². The van der Waals surface area contributed by atoms with Crippen LogP contribution in [0.15, 0.2) is 112 Å². The smallest absolute Gasteiger partial charge is 0.550 e. The van der Waals surface area contributed by atoms with E-state index in [0.717, 1.165) is 200 Å². The van der Waals surface area contributed by atoms with E-state index in [0.29, 0.717) is 68.3 Å². The number of rotatable bonds is 24. The molecule has 26 heteroatoms. The average Bonchev–Trinajstić information content (AvgIpc) is 1.62. The number of carbonyl (C=O) groups excluding carboxylic acids is 6. The second kappa shape index (κ2) is 39.3. The van der Waals surface area contributed by atoms with E-state index in [1.807, 2.05) is 174 Å². The number of aryl methyl sites for hydroxylation is 6. The number of carbonyl (C=O) groups is 6. The van der Waals surface area contributed by atoms with E-state index in [2.05, 4.69) is 69.4 Å². The monoisotopic (exact) mass is 1790 g/mol. The molecule has 0 saturated heterocycles. The molecule has 6 aliphatic rings. The second-order valence-corrected chi connectivity index (χ2v) is 32.1. The minimum atomic E-state index is -1.15. The molecule has 9 aromatic heterocycles. The number of aromatic amines is 6. The number of allylic oxidation sites excluding steroid dienone is 12. The molecular formula is C102H96Mn2N12O12. The largest absolute Gasteiger partial charge is 3.00 e. The summed E-state index contributed by atoms with van der Waals surface area (Å²) in [5.74, 6) is -6.87. The molecule has 0 saturated carbocycles. The number of carboxylic acids is 6. The predicted octanol–water partition coefficient (Wildman–Crippen LogP) is 15.4. The molecule has 24 bridgehead atoms. The maximum atomic E-state index is 11.4. The Kier molecular flexibility index (Phi) is 29.1. The van der Waals surface area contributed by atoms with Crippen LogP contribution in [-0.2, 0) is 62.9 Å². The Balaban J connectivity index is 0.000000185. The summed E-state index contributed by atoms with van der Waals surface area (Å²) in [4.78, 5) is 119. The van der Waals surface area contributed by atoms with Crippen LogP contribution in [0.1, 0.15) is 254 Å². The molecule has 0 fully saturated rings. The molecule has 0 unspecified atom stereocenters. The molecule has 15 heterocycles. The summed E-state index contributed by atoms with van der Waals surface area (Å²) in [7, 11) is 0. The molecule has 0 aliphatic carbocycles. The quantitative estimate of drug-likeness (QED) is 0.0306. The molecule has 0 aromatic carbocycles. The minimum Gasteiger partial charge on any atom is -0.550 e. The number of H-pyrrole nitrogens is 6. The van der Waals surface area contributed by atoms with Gasteiger partial charge in [-0.05, 0) is 333 Å². The van der Waals surface area contributed by atoms with Crippen molar-refractivity contribution in [2.45, 2.75) is 160 Å². The number of fused-ring (bicyclic) bond motifs is 24. The van der Waals surface area contributed by atoms with E-state index in [9.17, 15) is 59.4 Å². The van der Waals surface area contributed by atoms with Gasteiger partial charge in [-0.1, -0.05) is 75.9 Å². The van der Waals surface area contributed by atoms with Gasteiger partial charge in [-0.3, -0.25) is 0 Å². The van der Waals surface area contributed by atoms with Gasteiger partial charge in [0.05, 0.1) is 68.3 Å². The fourth-order valence-corrected chi connectivity index (χ4v) is 17.3. The normalized spacial score (nSPS) is 12.8. The number of hydrogen-bond donors (Lipinski definition) is 6. The summed E-state index contributed by atoms with van der Waals surface area (Å²) in [5, 5.41) is 68.4. The first kappa shape index (κ1) is 94.8. The van der Waals surface area contributed by atoms with Crippen molar-refractivity contribution < 1.29 is 93.5 Å². The van der Waals surface area contributed by atoms with Crippen molar-refractivity contribution in [3.05, 3.63) is 247 Å². The molecular weight excluding hydrogens is 1700 g/mol. The van der Waals surface area contributed by atoms with Gasteiger partial charge < -0.3 is 89.3 Å². The second-order valence-electron chi connectivity index (χ2n) is 32.1. The first-order valence-electron chi connectivity index (χ1n) is 41.5. The molecule has 6 N–H and O–H groups in total. The molecule has 0 amide bonds. The van der Waals surface area contributed by atoms with Gasteiger partial charge in [0.2, 0.25) is 0 Å². The summed E-state index contributed by atoms with van der Waals surface area (Å²) in [6.45, 7) is 47.9. The zero-order chi connectivity index (χ0) is 90.9. The van der Waals surface area contributed by atoms with Crippen molar-refractivity contribution in [3.8, 4) is 0 Å². The van der Waals surface area contributed by atoms with E-state index < -0.39 is 35.8 Å². The number of nitrogens with one attached hydrogen (secondary N) is 6. The van der Waals surface area contributed by atoms with Crippen LogP contribution < -0.4 is 30.6 Å². The predicted molar refractivity (Wildman–Crippen MR) is 492 cm³/mol. The zero-order valence-corrected chi connectivity index (χ0v) is 75.8. The van der Waals surface area contributed by atoms with Crippen molar-refractivity contribution >= 4 is 205 Å². The van der Waals surface area contributed by atoms with E-state index in [1.165, 1.54) is 0 Å². The van der Waals surface area contributed by atoms with Crippen LogP contribution in [0, 0.1) is 41.5 Å². The molecule has 6 aliphatic heterocycles. The molecule has 0 spiro atoms. The van der Waals surface area contributed by atoms with Crippen molar-refractivity contribution in [1.29, 1.82) is 0 Å². The zero-order valence-electron chi connectivity index (χ0n) is 73.5. The Morgan fingerprint density at radius 2 is 0.359 bits per heavy atom. The van der Waals surface area contributed by atoms with Crippen molar-refractivity contribution in [3.63, 3.8) is 0 Å². The Labute approximate surface area is 761 Å². The SMILES string of the molecule is C=Cc1c(C)c2cc3[nH]c(cc4nc(cc5nc(cc1[nH]2)C(C)=C5CCC(=O)[O-])C(CCC(=O)[O-])=C4C)c(C)c3C=C.C=Cc1c(C)c2cc3[nH]c(cc4nc(cc5nc(cc1[nH]2)C(C)=C5CCC(=O)[O-])C(CCC(=O)[O-])=C4C)c(C)c3C=C.C=Cc1c(C)c2cc3[nH]c(cc4nc(cc5nc(cc1[nH]2)C(C)=C5CCC(=O)[O-])C(CCC(=O)[O-])=C4C)c(C)c3C=C.[Mn+3].[Mn+3]. The topological polar surface area (TPSA) is 413 Å². The van der Waals surface area contributed by atoms with Crippen molar-refractivity contribution in [1.82, 2.24) is 59.8 Å². The van der Waals surface area contributed by atoms with Crippen LogP contribution >= 0.6 is 0 Å². The molecule has 9 aromatic rings. The number of aromatic nitrogens is 12. The standard InChI is InChI=1S/3C34H34N4O4.2Mn/c3*1-7-21-17(3)25-13-26-19(5)23(9-11-33(39)40)31(37-26)16-32-24(10-12-34(41)42)20(6)28(38-32)15-30-22(8-2)18(4)27(36-30)14-29(21)35-25;;/h3*7-8,13-16,35-36H,1-2,9-12H2,3-6H3,(H,39,40)(H,41,42);;/q;;;2*+3/p-6. The van der Waals surface area contributed by atoms with Gasteiger partial charge in [0.1, 0.15) is 0 Å². The molecule has 0 radical (unpaired) electrons. The molecule has 650 valence electrons. The van der Waals surface area contributed by atoms with Gasteiger partial charge in [0.15, 0.2) is 0 Å². The van der Waals surface area contributed by atoms with Crippen LogP contribution in [0.4, 0.5) is 0 Å². The van der Waals surface area contributed by atoms with Gasteiger partial charge in [-0.25, -0.2) is 29.9 Å². The third-order valence-corrected chi connectivity index (χ3v) is 24.6. The van der Waals surface area contributed by atoms with Gasteiger partial charge in [0.25, 0.3) is 0 Å². The van der Waals surface area contributed by atoms with Crippen LogP contribution in [0.3, 0.4) is 0 Å². The van der Waals surface area contributed by atoms with Crippen LogP contribution in [-0.4, -0.2) is 95.6 Å². The Hall–Kier alpha value is -13.9. The Morgan fingerprint density at radius 3 is 0.500 bits per heavy atom. The van der Waals surface area contributed by atoms with Crippen molar-refractivity contribution in [2.24, 2.45) is 0 Å². The summed E-state index contributed by atoms with van der Waals surface area (Å²) in [6, 6.07) is 23.3. The van der Waals surface area contributed by atoms with Crippen LogP contribution in [0.5, 0.6) is 0 Å². The van der Waals surface area contributed by atoms with Gasteiger partial charge in [-0.15, -0.1) is 0 Å². The Bertz CT molecular complexity index is 6430. The van der Waals surface area contributed by atoms with Gasteiger partial charge in [0, 0.05) is 135 Å². The van der Waals surface area contributed by atoms with Gasteiger partial charge in [-0.2, -0.15) is 0 Å². The molecule has 24 nitrogen and oxygen atoms in total. The van der Waals surface area contributed by atoms with Crippen molar-refractivity contribution in [2.75, 3.05) is 0 Å². The average molecular weight is 1790 g/mol. The number of aliphatic carboxylic acids is 6. The first-order chi connectivity index (χ1) is 60.0. The van der Waals surface area contributed by atoms with E-state index in [-0.39, 0.29) is 111 Å². The summed E-state index contributed by atoms with van der Waals surface area (Å²) in [6.07, 6.45) is 11.4. The van der Waals surface area contributed by atoms with Gasteiger partial charge >= 0.3 is 34.1 Å². The summed E-state index contributed by atoms with van der Waals surface area (Å²) >= 11 is 0. The maximum absolute atomic E-state index is 11.4. The number of carboxylic acid groups (broad SMARTS) is 6. The molecule has 15 rings (SSSR count). The number of hydrogen-bond acceptors (Lipinski definition) is 18. The van der Waals surface area contributed by atoms with Crippen LogP contribution in [0.25, 0.3) is 170 Å².